The Kier molecular flexibility index (Phi) is 5.65. The van der Waals surface area contributed by atoms with Crippen molar-refractivity contribution in [2.75, 3.05) is 16.9 Å². The highest BCUT2D eigenvalue weighted by molar-refractivity contribution is 7.99. The first-order valence-corrected chi connectivity index (χ1v) is 9.16. The highest BCUT2D eigenvalue weighted by Gasteiger charge is 2.14. The largest absolute Gasteiger partial charge is 0.485 e. The van der Waals surface area contributed by atoms with Crippen LogP contribution in [0.15, 0.2) is 33.9 Å². The van der Waals surface area contributed by atoms with Gasteiger partial charge in [0.2, 0.25) is 11.1 Å². The van der Waals surface area contributed by atoms with Crippen LogP contribution in [0.2, 0.25) is 0 Å². The predicted octanol–water partition coefficient (Wildman–Crippen LogP) is 2.21. The smallest absolute Gasteiger partial charge is 0.236 e. The molecule has 0 aliphatic rings. The van der Waals surface area contributed by atoms with Gasteiger partial charge in [-0.15, -0.1) is 10.2 Å². The number of aromatic nitrogens is 4. The van der Waals surface area contributed by atoms with Crippen LogP contribution < -0.4 is 15.9 Å². The van der Waals surface area contributed by atoms with E-state index in [4.69, 9.17) is 15.1 Å². The van der Waals surface area contributed by atoms with Gasteiger partial charge >= 0.3 is 0 Å². The van der Waals surface area contributed by atoms with E-state index in [1.807, 2.05) is 32.0 Å². The van der Waals surface area contributed by atoms with Crippen molar-refractivity contribution in [3.63, 3.8) is 0 Å². The van der Waals surface area contributed by atoms with Gasteiger partial charge in [-0.3, -0.25) is 4.79 Å². The second-order valence-corrected chi connectivity index (χ2v) is 6.93. The summed E-state index contributed by atoms with van der Waals surface area (Å²) in [7, 11) is 0. The third-order valence-electron chi connectivity index (χ3n) is 3.65. The van der Waals surface area contributed by atoms with E-state index >= 15 is 0 Å². The van der Waals surface area contributed by atoms with Gasteiger partial charge in [-0.05, 0) is 32.4 Å². The van der Waals surface area contributed by atoms with E-state index in [2.05, 4.69) is 20.7 Å². The molecule has 2 aromatic heterocycles. The molecule has 2 heterocycles. The minimum Gasteiger partial charge on any atom is -0.485 e. The SMILES string of the molecule is Cc1ccc(OCc2nnc(SCC(=O)Nc3cc(C)on3)n2N)c(C)c1. The Morgan fingerprint density at radius 1 is 1.30 bits per heavy atom. The number of nitrogens with two attached hydrogens (primary N) is 1. The number of carbonyl (C=O) groups excluding carboxylic acids is 1. The summed E-state index contributed by atoms with van der Waals surface area (Å²) >= 11 is 1.17. The molecule has 0 unspecified atom stereocenters. The quantitative estimate of drug-likeness (QED) is 0.467. The number of carbonyl (C=O) groups is 1. The minimum atomic E-state index is -0.246. The zero-order chi connectivity index (χ0) is 19.4. The van der Waals surface area contributed by atoms with Gasteiger partial charge in [0.05, 0.1) is 5.75 Å². The van der Waals surface area contributed by atoms with Crippen molar-refractivity contribution in [2.24, 2.45) is 0 Å². The Morgan fingerprint density at radius 2 is 2.11 bits per heavy atom. The Hall–Kier alpha value is -3.01. The van der Waals surface area contributed by atoms with E-state index in [1.165, 1.54) is 22.0 Å². The molecule has 3 N–H and O–H groups in total. The molecule has 0 bridgehead atoms. The van der Waals surface area contributed by atoms with Crippen LogP contribution in [0.1, 0.15) is 22.7 Å². The summed E-state index contributed by atoms with van der Waals surface area (Å²) in [6, 6.07) is 7.56. The van der Waals surface area contributed by atoms with E-state index in [9.17, 15) is 4.79 Å². The molecule has 0 fully saturated rings. The number of anilines is 1. The van der Waals surface area contributed by atoms with Crippen molar-refractivity contribution in [2.45, 2.75) is 32.5 Å². The van der Waals surface area contributed by atoms with Crippen LogP contribution in [0, 0.1) is 20.8 Å². The molecule has 1 amide bonds. The number of hydrogen-bond donors (Lipinski definition) is 2. The van der Waals surface area contributed by atoms with Gasteiger partial charge in [-0.2, -0.15) is 0 Å². The Balaban J connectivity index is 1.54. The highest BCUT2D eigenvalue weighted by Crippen LogP contribution is 2.21. The molecule has 0 saturated heterocycles. The molecule has 0 atom stereocenters. The normalized spacial score (nSPS) is 10.8. The van der Waals surface area contributed by atoms with Crippen LogP contribution in [0.3, 0.4) is 0 Å². The zero-order valence-electron chi connectivity index (χ0n) is 15.2. The summed E-state index contributed by atoms with van der Waals surface area (Å²) in [6.45, 7) is 5.93. The van der Waals surface area contributed by atoms with Gasteiger partial charge in [0.1, 0.15) is 18.1 Å². The van der Waals surface area contributed by atoms with Gasteiger partial charge in [0.25, 0.3) is 0 Å². The van der Waals surface area contributed by atoms with E-state index in [0.29, 0.717) is 22.6 Å². The first-order chi connectivity index (χ1) is 12.9. The lowest BCUT2D eigenvalue weighted by molar-refractivity contribution is -0.113. The van der Waals surface area contributed by atoms with Crippen LogP contribution in [-0.4, -0.2) is 31.7 Å². The maximum absolute atomic E-state index is 12.0. The van der Waals surface area contributed by atoms with Gasteiger partial charge in [-0.25, -0.2) is 4.68 Å². The molecule has 0 aliphatic carbocycles. The highest BCUT2D eigenvalue weighted by atomic mass is 32.2. The first kappa shape index (κ1) is 18.8. The molecule has 0 radical (unpaired) electrons. The molecular weight excluding hydrogens is 368 g/mol. The number of ether oxygens (including phenoxy) is 1. The lowest BCUT2D eigenvalue weighted by Crippen LogP contribution is -2.18. The summed E-state index contributed by atoms with van der Waals surface area (Å²) in [6.07, 6.45) is 0. The van der Waals surface area contributed by atoms with Crippen molar-refractivity contribution < 1.29 is 14.1 Å². The lowest BCUT2D eigenvalue weighted by Gasteiger charge is -2.09. The van der Waals surface area contributed by atoms with Gasteiger partial charge < -0.3 is 20.4 Å². The summed E-state index contributed by atoms with van der Waals surface area (Å²) in [5.74, 6) is 8.08. The van der Waals surface area contributed by atoms with Crippen LogP contribution >= 0.6 is 11.8 Å². The second-order valence-electron chi connectivity index (χ2n) is 5.99. The number of thioether (sulfide) groups is 1. The summed E-state index contributed by atoms with van der Waals surface area (Å²) in [5.41, 5.74) is 2.20. The van der Waals surface area contributed by atoms with Gasteiger partial charge in [-0.1, -0.05) is 34.6 Å². The molecule has 3 rings (SSSR count). The fourth-order valence-corrected chi connectivity index (χ4v) is 3.02. The van der Waals surface area contributed by atoms with E-state index < -0.39 is 0 Å². The van der Waals surface area contributed by atoms with E-state index in [-0.39, 0.29) is 18.3 Å². The van der Waals surface area contributed by atoms with Crippen LogP contribution in [0.25, 0.3) is 0 Å². The number of hydrogen-bond acceptors (Lipinski definition) is 8. The molecule has 9 nitrogen and oxygen atoms in total. The summed E-state index contributed by atoms with van der Waals surface area (Å²) < 4.78 is 12.0. The second kappa shape index (κ2) is 8.12. The molecule has 3 aromatic rings. The first-order valence-electron chi connectivity index (χ1n) is 8.18. The Morgan fingerprint density at radius 3 is 2.81 bits per heavy atom. The van der Waals surface area contributed by atoms with Crippen molar-refractivity contribution in [3.8, 4) is 5.75 Å². The van der Waals surface area contributed by atoms with Crippen molar-refractivity contribution >= 4 is 23.5 Å². The molecule has 142 valence electrons. The Labute approximate surface area is 160 Å². The fourth-order valence-electron chi connectivity index (χ4n) is 2.34. The number of nitrogens with one attached hydrogen (secondary N) is 1. The minimum absolute atomic E-state index is 0.110. The Bertz CT molecular complexity index is 952. The van der Waals surface area contributed by atoms with Crippen molar-refractivity contribution in [1.82, 2.24) is 20.0 Å². The van der Waals surface area contributed by atoms with Crippen molar-refractivity contribution in [3.05, 3.63) is 47.0 Å². The molecule has 1 aromatic carbocycles. The van der Waals surface area contributed by atoms with E-state index in [0.717, 1.165) is 11.3 Å². The maximum Gasteiger partial charge on any atom is 0.236 e. The lowest BCUT2D eigenvalue weighted by atomic mass is 10.1. The van der Waals surface area contributed by atoms with Gasteiger partial charge in [0.15, 0.2) is 11.6 Å². The average Bonchev–Trinajstić information content (AvgIpc) is 3.18. The van der Waals surface area contributed by atoms with Crippen LogP contribution in [0.4, 0.5) is 5.82 Å². The van der Waals surface area contributed by atoms with Crippen LogP contribution in [-0.2, 0) is 11.4 Å². The van der Waals surface area contributed by atoms with Crippen LogP contribution in [0.5, 0.6) is 5.75 Å². The molecule has 27 heavy (non-hydrogen) atoms. The number of benzene rings is 1. The van der Waals surface area contributed by atoms with E-state index in [1.54, 1.807) is 13.0 Å². The molecule has 10 heteroatoms. The van der Waals surface area contributed by atoms with Gasteiger partial charge in [0, 0.05) is 6.07 Å². The number of nitrogens with zero attached hydrogens (tertiary/aromatic N) is 4. The molecular formula is C17H20N6O3S. The average molecular weight is 388 g/mol. The zero-order valence-corrected chi connectivity index (χ0v) is 16.0. The standard InChI is InChI=1S/C17H20N6O3S/c1-10-4-5-13(11(2)6-10)25-8-15-20-21-17(23(15)18)27-9-16(24)19-14-7-12(3)26-22-14/h4-7H,8-9,18H2,1-3H3,(H,19,22,24). The number of aryl methyl sites for hydroxylation is 3. The maximum atomic E-state index is 12.0. The third kappa shape index (κ3) is 4.79. The third-order valence-corrected chi connectivity index (χ3v) is 4.59. The number of amides is 1. The predicted molar refractivity (Wildman–Crippen MR) is 101 cm³/mol. The number of nitrogen functional groups attached to an aromatic ring is 1. The summed E-state index contributed by atoms with van der Waals surface area (Å²) in [4.78, 5) is 12.0. The topological polar surface area (TPSA) is 121 Å². The molecule has 0 saturated carbocycles. The monoisotopic (exact) mass is 388 g/mol. The van der Waals surface area contributed by atoms with Crippen molar-refractivity contribution in [1.29, 1.82) is 0 Å². The fraction of sp³-hybridized carbons (Fsp3) is 0.294. The number of rotatable bonds is 7. The molecule has 0 spiro atoms. The molecule has 0 aliphatic heterocycles. The summed E-state index contributed by atoms with van der Waals surface area (Å²) in [5, 5.41) is 14.8.